The number of rotatable bonds is 8. The largest absolute Gasteiger partial charge is 0.491 e. The zero-order chi connectivity index (χ0) is 13.7. The molecule has 1 atom stereocenters. The predicted octanol–water partition coefficient (Wildman–Crippen LogP) is 3.17. The number of ether oxygens (including phenoxy) is 2. The Bertz CT molecular complexity index is 412. The molecule has 0 heterocycles. The molecule has 1 unspecified atom stereocenters. The van der Waals surface area contributed by atoms with Crippen LogP contribution < -0.4 is 4.74 Å². The van der Waals surface area contributed by atoms with Gasteiger partial charge >= 0.3 is 0 Å². The minimum Gasteiger partial charge on any atom is -0.491 e. The molecule has 0 aromatic heterocycles. The molecular formula is C15H19BrO3. The fourth-order valence-corrected chi connectivity index (χ4v) is 1.97. The van der Waals surface area contributed by atoms with Crippen molar-refractivity contribution in [1.82, 2.24) is 0 Å². The van der Waals surface area contributed by atoms with Crippen molar-refractivity contribution in [2.75, 3.05) is 19.8 Å². The summed E-state index contributed by atoms with van der Waals surface area (Å²) in [6, 6.07) is 7.51. The highest BCUT2D eigenvalue weighted by Crippen LogP contribution is 2.35. The molecule has 1 aromatic rings. The molecule has 4 heteroatoms. The maximum Gasteiger partial charge on any atom is 0.119 e. The van der Waals surface area contributed by atoms with Gasteiger partial charge in [-0.1, -0.05) is 22.5 Å². The highest BCUT2D eigenvalue weighted by Gasteiger charge is 2.24. The molecule has 0 spiro atoms. The van der Waals surface area contributed by atoms with Crippen molar-refractivity contribution in [2.45, 2.75) is 18.9 Å². The van der Waals surface area contributed by atoms with Gasteiger partial charge in [0.25, 0.3) is 0 Å². The summed E-state index contributed by atoms with van der Waals surface area (Å²) in [4.78, 5) is 0. The van der Waals surface area contributed by atoms with Crippen molar-refractivity contribution in [3.05, 3.63) is 40.9 Å². The van der Waals surface area contributed by atoms with E-state index in [-0.39, 0.29) is 13.2 Å². The lowest BCUT2D eigenvalue weighted by Crippen LogP contribution is -2.24. The number of benzene rings is 1. The lowest BCUT2D eigenvalue weighted by atomic mass is 10.2. The van der Waals surface area contributed by atoms with E-state index in [1.54, 1.807) is 0 Å². The van der Waals surface area contributed by atoms with E-state index in [1.807, 2.05) is 24.3 Å². The summed E-state index contributed by atoms with van der Waals surface area (Å²) in [5.41, 5.74) is 1.14. The van der Waals surface area contributed by atoms with Crippen LogP contribution in [0.15, 0.2) is 40.9 Å². The first-order chi connectivity index (χ1) is 9.15. The number of hydrogen-bond donors (Lipinski definition) is 1. The average Bonchev–Trinajstić information content (AvgIpc) is 3.22. The molecule has 104 valence electrons. The molecule has 1 aliphatic carbocycles. The van der Waals surface area contributed by atoms with Crippen LogP contribution in [0.4, 0.5) is 0 Å². The Kier molecular flexibility index (Phi) is 5.43. The first-order valence-corrected chi connectivity index (χ1v) is 7.26. The van der Waals surface area contributed by atoms with Gasteiger partial charge in [0.05, 0.1) is 13.2 Å². The molecule has 2 rings (SSSR count). The molecule has 19 heavy (non-hydrogen) atoms. The van der Waals surface area contributed by atoms with Crippen LogP contribution >= 0.6 is 15.9 Å². The molecule has 1 saturated carbocycles. The van der Waals surface area contributed by atoms with Gasteiger partial charge in [0.1, 0.15) is 18.5 Å². The normalized spacial score (nSPS) is 16.1. The Balaban J connectivity index is 1.59. The fraction of sp³-hybridized carbons (Fsp3) is 0.467. The second-order valence-corrected chi connectivity index (χ2v) is 5.78. The van der Waals surface area contributed by atoms with Gasteiger partial charge in [-0.2, -0.15) is 0 Å². The summed E-state index contributed by atoms with van der Waals surface area (Å²) in [6.45, 7) is 5.03. The second kappa shape index (κ2) is 7.08. The van der Waals surface area contributed by atoms with Crippen LogP contribution in [0.25, 0.3) is 0 Å². The van der Waals surface area contributed by atoms with Crippen molar-refractivity contribution in [3.63, 3.8) is 0 Å². The lowest BCUT2D eigenvalue weighted by molar-refractivity contribution is 0.0187. The van der Waals surface area contributed by atoms with Crippen molar-refractivity contribution in [2.24, 2.45) is 5.92 Å². The Morgan fingerprint density at radius 2 is 2.00 bits per heavy atom. The summed E-state index contributed by atoms with van der Waals surface area (Å²) in [6.07, 6.45) is 1.85. The first-order valence-electron chi connectivity index (χ1n) is 6.47. The predicted molar refractivity (Wildman–Crippen MR) is 78.3 cm³/mol. The Hall–Kier alpha value is -0.840. The SMILES string of the molecule is C=C(COCC(O)COc1ccc(Br)cc1)C1CC1. The third-order valence-corrected chi connectivity index (χ3v) is 3.54. The van der Waals surface area contributed by atoms with Gasteiger partial charge in [-0.3, -0.25) is 0 Å². The van der Waals surface area contributed by atoms with Gasteiger partial charge in [-0.15, -0.1) is 0 Å². The van der Waals surface area contributed by atoms with Crippen molar-refractivity contribution in [1.29, 1.82) is 0 Å². The lowest BCUT2D eigenvalue weighted by Gasteiger charge is -2.13. The van der Waals surface area contributed by atoms with Gasteiger partial charge < -0.3 is 14.6 Å². The molecule has 1 N–H and O–H groups in total. The minimum atomic E-state index is -0.615. The van der Waals surface area contributed by atoms with E-state index >= 15 is 0 Å². The maximum absolute atomic E-state index is 9.74. The minimum absolute atomic E-state index is 0.234. The third-order valence-electron chi connectivity index (χ3n) is 3.01. The number of halogens is 1. The number of aliphatic hydroxyl groups is 1. The molecule has 0 amide bonds. The summed E-state index contributed by atoms with van der Waals surface area (Å²) >= 11 is 3.36. The van der Waals surface area contributed by atoms with Crippen LogP contribution in [0.3, 0.4) is 0 Å². The topological polar surface area (TPSA) is 38.7 Å². The summed E-state index contributed by atoms with van der Waals surface area (Å²) in [5, 5.41) is 9.74. The second-order valence-electron chi connectivity index (χ2n) is 4.87. The quantitative estimate of drug-likeness (QED) is 0.746. The van der Waals surface area contributed by atoms with Crippen molar-refractivity contribution >= 4 is 15.9 Å². The van der Waals surface area contributed by atoms with E-state index in [4.69, 9.17) is 9.47 Å². The van der Waals surface area contributed by atoms with E-state index in [2.05, 4.69) is 22.5 Å². The third kappa shape index (κ3) is 5.35. The van der Waals surface area contributed by atoms with Crippen molar-refractivity contribution in [3.8, 4) is 5.75 Å². The molecule has 0 saturated heterocycles. The van der Waals surface area contributed by atoms with E-state index in [1.165, 1.54) is 12.8 Å². The van der Waals surface area contributed by atoms with Crippen LogP contribution in [0.2, 0.25) is 0 Å². The van der Waals surface area contributed by atoms with Crippen LogP contribution in [0, 0.1) is 5.92 Å². The molecule has 1 aliphatic rings. The van der Waals surface area contributed by atoms with E-state index in [9.17, 15) is 5.11 Å². The maximum atomic E-state index is 9.74. The molecule has 0 bridgehead atoms. The van der Waals surface area contributed by atoms with E-state index in [0.717, 1.165) is 15.8 Å². The van der Waals surface area contributed by atoms with Gasteiger partial charge in [0.15, 0.2) is 0 Å². The Morgan fingerprint density at radius 1 is 1.32 bits per heavy atom. The zero-order valence-corrected chi connectivity index (χ0v) is 12.4. The highest BCUT2D eigenvalue weighted by atomic mass is 79.9. The Labute approximate surface area is 122 Å². The van der Waals surface area contributed by atoms with E-state index < -0.39 is 6.10 Å². The molecule has 1 aromatic carbocycles. The molecule has 0 aliphatic heterocycles. The standard InChI is InChI=1S/C15H19BrO3/c1-11(12-2-3-12)8-18-9-14(17)10-19-15-6-4-13(16)5-7-15/h4-7,12,14,17H,1-3,8-10H2. The Morgan fingerprint density at radius 3 is 2.63 bits per heavy atom. The smallest absolute Gasteiger partial charge is 0.119 e. The number of hydrogen-bond acceptors (Lipinski definition) is 3. The zero-order valence-electron chi connectivity index (χ0n) is 10.8. The molecule has 1 fully saturated rings. The van der Waals surface area contributed by atoms with Gasteiger partial charge in [0.2, 0.25) is 0 Å². The van der Waals surface area contributed by atoms with E-state index in [0.29, 0.717) is 12.5 Å². The first kappa shape index (κ1) is 14.6. The highest BCUT2D eigenvalue weighted by molar-refractivity contribution is 9.10. The fourth-order valence-electron chi connectivity index (χ4n) is 1.71. The summed E-state index contributed by atoms with van der Waals surface area (Å²) in [7, 11) is 0. The molecule has 0 radical (unpaired) electrons. The van der Waals surface area contributed by atoms with Crippen LogP contribution in [-0.2, 0) is 4.74 Å². The van der Waals surface area contributed by atoms with Crippen LogP contribution in [0.1, 0.15) is 12.8 Å². The number of aliphatic hydroxyl groups excluding tert-OH is 1. The van der Waals surface area contributed by atoms with Crippen molar-refractivity contribution < 1.29 is 14.6 Å². The molecule has 3 nitrogen and oxygen atoms in total. The summed E-state index contributed by atoms with van der Waals surface area (Å²) < 4.78 is 11.9. The monoisotopic (exact) mass is 326 g/mol. The van der Waals surface area contributed by atoms with Crippen LogP contribution in [0.5, 0.6) is 5.75 Å². The average molecular weight is 327 g/mol. The summed E-state index contributed by atoms with van der Waals surface area (Å²) in [5.74, 6) is 1.39. The van der Waals surface area contributed by atoms with Crippen LogP contribution in [-0.4, -0.2) is 31.0 Å². The van der Waals surface area contributed by atoms with Gasteiger partial charge in [-0.25, -0.2) is 0 Å². The molecular weight excluding hydrogens is 308 g/mol. The van der Waals surface area contributed by atoms with Gasteiger partial charge in [-0.05, 0) is 48.6 Å². The van der Waals surface area contributed by atoms with Gasteiger partial charge in [0, 0.05) is 4.47 Å².